The van der Waals surface area contributed by atoms with Crippen LogP contribution in [0.2, 0.25) is 0 Å². The van der Waals surface area contributed by atoms with Crippen molar-refractivity contribution in [1.29, 1.82) is 0 Å². The van der Waals surface area contributed by atoms with E-state index in [4.69, 9.17) is 9.72 Å². The third-order valence-corrected chi connectivity index (χ3v) is 6.87. The van der Waals surface area contributed by atoms with Gasteiger partial charge < -0.3 is 19.7 Å². The van der Waals surface area contributed by atoms with E-state index in [2.05, 4.69) is 52.2 Å². The van der Waals surface area contributed by atoms with Gasteiger partial charge in [0.15, 0.2) is 0 Å². The minimum absolute atomic E-state index is 0.424. The number of allylic oxidation sites excluding steroid dienone is 1. The summed E-state index contributed by atoms with van der Waals surface area (Å²) < 4.78 is 9.09. The van der Waals surface area contributed by atoms with Gasteiger partial charge in [0, 0.05) is 47.9 Å². The van der Waals surface area contributed by atoms with Crippen LogP contribution in [0.1, 0.15) is 24.5 Å². The fourth-order valence-electron chi connectivity index (χ4n) is 4.65. The first-order chi connectivity index (χ1) is 15.2. The maximum absolute atomic E-state index is 5.54. The van der Waals surface area contributed by atoms with E-state index in [1.165, 1.54) is 33.0 Å². The number of hydrogen-bond acceptors (Lipinski definition) is 6. The largest absolute Gasteiger partial charge is 0.496 e. The van der Waals surface area contributed by atoms with E-state index in [1.807, 2.05) is 24.4 Å². The predicted molar refractivity (Wildman–Crippen MR) is 131 cm³/mol. The van der Waals surface area contributed by atoms with Crippen LogP contribution in [0.3, 0.4) is 0 Å². The monoisotopic (exact) mass is 432 g/mol. The van der Waals surface area contributed by atoms with Gasteiger partial charge in [0.05, 0.1) is 24.2 Å². The van der Waals surface area contributed by atoms with E-state index < -0.39 is 0 Å². The first-order valence-electron chi connectivity index (χ1n) is 10.9. The van der Waals surface area contributed by atoms with E-state index in [9.17, 15) is 0 Å². The number of nitrogens with zero attached hydrogens (tertiary/aromatic N) is 2. The summed E-state index contributed by atoms with van der Waals surface area (Å²) in [7, 11) is 1.75. The maximum Gasteiger partial charge on any atom is 0.122 e. The minimum atomic E-state index is 0.424. The second kappa shape index (κ2) is 8.81. The Hall–Kier alpha value is -2.70. The van der Waals surface area contributed by atoms with E-state index in [1.54, 1.807) is 19.1 Å². The molecule has 0 unspecified atom stereocenters. The molecule has 3 aliphatic heterocycles. The van der Waals surface area contributed by atoms with Crippen LogP contribution in [-0.4, -0.2) is 37.8 Å². The maximum atomic E-state index is 5.54. The standard InChI is InChI=1S/C25H28N4OS/c1-17-15-21-23(28-31-17)20-8-5-6-12-27-24(20)25(21)29-14-13-26-19(16-29)11-10-18-7-3-4-9-22(18)30-2/h3-9,12,15,19,26,28H,10-11,13-14,16H2,1-2H3/t19-/m0/s1. The highest BCUT2D eigenvalue weighted by Gasteiger charge is 2.31. The predicted octanol–water partition coefficient (Wildman–Crippen LogP) is 5.04. The van der Waals surface area contributed by atoms with Crippen LogP contribution in [0.4, 0.5) is 11.4 Å². The molecule has 4 aliphatic rings. The number of para-hydroxylation sites is 1. The summed E-state index contributed by atoms with van der Waals surface area (Å²) >= 11 is 1.68. The number of anilines is 2. The number of fused-ring (bicyclic) bond motifs is 3. The molecule has 0 spiro atoms. The molecule has 1 aromatic rings. The lowest BCUT2D eigenvalue weighted by Crippen LogP contribution is -2.51. The third-order valence-electron chi connectivity index (χ3n) is 6.12. The number of nitrogens with one attached hydrogen (secondary N) is 2. The van der Waals surface area contributed by atoms with Gasteiger partial charge in [-0.15, -0.1) is 0 Å². The minimum Gasteiger partial charge on any atom is -0.496 e. The van der Waals surface area contributed by atoms with Gasteiger partial charge in [0.25, 0.3) is 0 Å². The van der Waals surface area contributed by atoms with Gasteiger partial charge in [-0.05, 0) is 55.5 Å². The van der Waals surface area contributed by atoms with Crippen LogP contribution in [0.25, 0.3) is 17.3 Å². The van der Waals surface area contributed by atoms with Crippen molar-refractivity contribution in [3.8, 4) is 17.0 Å². The zero-order valence-electron chi connectivity index (χ0n) is 18.0. The molecule has 0 saturated carbocycles. The lowest BCUT2D eigenvalue weighted by atomic mass is 10.0. The number of ether oxygens (including phenoxy) is 1. The SMILES string of the molecule is COc1ccccc1CC[C@H]1CN(c2c3nccccc-3c3c2C=C(C)SN3)CCN1. The molecule has 1 saturated heterocycles. The van der Waals surface area contributed by atoms with Crippen molar-refractivity contribution < 1.29 is 4.74 Å². The quantitative estimate of drug-likeness (QED) is 0.551. The Morgan fingerprint density at radius 1 is 1.19 bits per heavy atom. The molecule has 6 heteroatoms. The first kappa shape index (κ1) is 20.2. The van der Waals surface area contributed by atoms with Crippen molar-refractivity contribution >= 4 is 29.4 Å². The molecular formula is C25H28N4OS. The van der Waals surface area contributed by atoms with Crippen molar-refractivity contribution in [3.63, 3.8) is 0 Å². The average Bonchev–Trinajstić information content (AvgIpc) is 2.93. The summed E-state index contributed by atoms with van der Waals surface area (Å²) in [6.07, 6.45) is 6.28. The van der Waals surface area contributed by atoms with Crippen molar-refractivity contribution in [1.82, 2.24) is 10.3 Å². The van der Waals surface area contributed by atoms with Crippen LogP contribution in [0.15, 0.2) is 53.6 Å². The second-order valence-corrected chi connectivity index (χ2v) is 9.19. The van der Waals surface area contributed by atoms with Gasteiger partial charge in [-0.1, -0.05) is 30.3 Å². The van der Waals surface area contributed by atoms with Crippen LogP contribution < -0.4 is 19.7 Å². The molecule has 1 fully saturated rings. The molecule has 160 valence electrons. The number of rotatable bonds is 5. The van der Waals surface area contributed by atoms with Crippen LogP contribution in [0, 0.1) is 0 Å². The van der Waals surface area contributed by atoms with E-state index in [0.29, 0.717) is 6.04 Å². The lowest BCUT2D eigenvalue weighted by molar-refractivity contribution is 0.402. The summed E-state index contributed by atoms with van der Waals surface area (Å²) in [6, 6.07) is 15.0. The average molecular weight is 433 g/mol. The molecule has 31 heavy (non-hydrogen) atoms. The van der Waals surface area contributed by atoms with Crippen LogP contribution >= 0.6 is 11.9 Å². The molecule has 1 atom stereocenters. The summed E-state index contributed by atoms with van der Waals surface area (Å²) in [5.74, 6) is 0.979. The van der Waals surface area contributed by atoms with Gasteiger partial charge in [-0.25, -0.2) is 0 Å². The Balaban J connectivity index is 1.42. The fourth-order valence-corrected chi connectivity index (χ4v) is 5.30. The zero-order valence-corrected chi connectivity index (χ0v) is 18.8. The Morgan fingerprint density at radius 3 is 2.97 bits per heavy atom. The summed E-state index contributed by atoms with van der Waals surface area (Å²) in [6.45, 7) is 5.09. The number of aromatic nitrogens is 1. The Morgan fingerprint density at radius 2 is 2.06 bits per heavy atom. The van der Waals surface area contributed by atoms with Crippen molar-refractivity contribution in [2.24, 2.45) is 0 Å². The smallest absolute Gasteiger partial charge is 0.122 e. The van der Waals surface area contributed by atoms with Crippen molar-refractivity contribution in [3.05, 3.63) is 64.7 Å². The van der Waals surface area contributed by atoms with Gasteiger partial charge in [0.1, 0.15) is 5.75 Å². The Labute approximate surface area is 188 Å². The lowest BCUT2D eigenvalue weighted by Gasteiger charge is -2.36. The molecule has 0 amide bonds. The van der Waals surface area contributed by atoms with Crippen LogP contribution in [0.5, 0.6) is 5.75 Å². The molecule has 2 N–H and O–H groups in total. The first-order valence-corrected chi connectivity index (χ1v) is 11.7. The molecule has 0 aromatic heterocycles. The summed E-state index contributed by atoms with van der Waals surface area (Å²) in [4.78, 5) is 8.63. The number of methoxy groups -OCH3 is 1. The van der Waals surface area contributed by atoms with Crippen LogP contribution in [-0.2, 0) is 6.42 Å². The molecule has 0 radical (unpaired) electrons. The van der Waals surface area contributed by atoms with E-state index >= 15 is 0 Å². The van der Waals surface area contributed by atoms with Gasteiger partial charge in [-0.3, -0.25) is 4.98 Å². The fraction of sp³-hybridized carbons (Fsp3) is 0.320. The number of hydrogen-bond donors (Lipinski definition) is 2. The normalized spacial score (nSPS) is 18.3. The highest BCUT2D eigenvalue weighted by atomic mass is 32.2. The van der Waals surface area contributed by atoms with E-state index in [-0.39, 0.29) is 0 Å². The molecule has 3 heterocycles. The highest BCUT2D eigenvalue weighted by molar-refractivity contribution is 8.04. The molecule has 5 nitrogen and oxygen atoms in total. The Kier molecular flexibility index (Phi) is 5.74. The van der Waals surface area contributed by atoms with E-state index in [0.717, 1.165) is 43.9 Å². The number of benzene rings is 1. The molecule has 5 rings (SSSR count). The topological polar surface area (TPSA) is 49.4 Å². The van der Waals surface area contributed by atoms with Gasteiger partial charge in [0.2, 0.25) is 0 Å². The summed E-state index contributed by atoms with van der Waals surface area (Å²) in [5, 5.41) is 3.72. The van der Waals surface area contributed by atoms with Crippen molar-refractivity contribution in [2.45, 2.75) is 25.8 Å². The van der Waals surface area contributed by atoms with Gasteiger partial charge in [-0.2, -0.15) is 0 Å². The number of piperazine rings is 1. The molecule has 1 aliphatic carbocycles. The third kappa shape index (κ3) is 3.98. The Bertz CT molecular complexity index is 1080. The second-order valence-electron chi connectivity index (χ2n) is 8.14. The highest BCUT2D eigenvalue weighted by Crippen LogP contribution is 2.50. The molecular weight excluding hydrogens is 404 g/mol. The van der Waals surface area contributed by atoms with Crippen molar-refractivity contribution in [2.75, 3.05) is 36.4 Å². The summed E-state index contributed by atoms with van der Waals surface area (Å²) in [5.41, 5.74) is 7.27. The van der Waals surface area contributed by atoms with Gasteiger partial charge >= 0.3 is 0 Å². The zero-order chi connectivity index (χ0) is 21.2. The number of aryl methyl sites for hydroxylation is 1. The molecule has 1 aromatic carbocycles. The molecule has 0 bridgehead atoms.